The van der Waals surface area contributed by atoms with Crippen LogP contribution in [0.4, 0.5) is 0 Å². The van der Waals surface area contributed by atoms with Crippen LogP contribution in [-0.2, 0) is 0 Å². The van der Waals surface area contributed by atoms with Crippen LogP contribution in [0, 0.1) is 12.8 Å². The van der Waals surface area contributed by atoms with Crippen LogP contribution in [-0.4, -0.2) is 11.9 Å². The van der Waals surface area contributed by atoms with Crippen molar-refractivity contribution in [2.24, 2.45) is 5.92 Å². The zero-order valence-electron chi connectivity index (χ0n) is 12.4. The van der Waals surface area contributed by atoms with Crippen LogP contribution in [0.5, 0.6) is 0 Å². The molecule has 1 saturated carbocycles. The zero-order chi connectivity index (χ0) is 15.0. The molecule has 0 saturated heterocycles. The largest absolute Gasteiger partial charge is 0.451 e. The number of amides is 1. The van der Waals surface area contributed by atoms with E-state index in [-0.39, 0.29) is 11.9 Å². The molecule has 1 N–H and O–H groups in total. The number of carbonyl (C=O) groups is 1. The first-order valence-corrected chi connectivity index (χ1v) is 8.35. The molecule has 1 fully saturated rings. The van der Waals surface area contributed by atoms with E-state index in [4.69, 9.17) is 4.42 Å². The third-order valence-electron chi connectivity index (χ3n) is 4.53. The SMILES string of the molecule is Cc1c(C(=O)N[C@H]2CCCC[C@H]2C)oc2ccc(Br)cc12. The fourth-order valence-electron chi connectivity index (χ4n) is 3.17. The molecule has 4 heteroatoms. The van der Waals surface area contributed by atoms with E-state index in [1.807, 2.05) is 25.1 Å². The van der Waals surface area contributed by atoms with Gasteiger partial charge in [-0.1, -0.05) is 35.7 Å². The Morgan fingerprint density at radius 1 is 1.33 bits per heavy atom. The first kappa shape index (κ1) is 14.6. The lowest BCUT2D eigenvalue weighted by molar-refractivity contribution is 0.0883. The van der Waals surface area contributed by atoms with Gasteiger partial charge in [-0.2, -0.15) is 0 Å². The highest BCUT2D eigenvalue weighted by Crippen LogP contribution is 2.29. The molecule has 0 spiro atoms. The summed E-state index contributed by atoms with van der Waals surface area (Å²) < 4.78 is 6.75. The minimum absolute atomic E-state index is 0.0847. The Balaban J connectivity index is 1.86. The average Bonchev–Trinajstić information content (AvgIpc) is 2.79. The maximum atomic E-state index is 12.5. The van der Waals surface area contributed by atoms with Gasteiger partial charge >= 0.3 is 0 Å². The van der Waals surface area contributed by atoms with Crippen LogP contribution in [0.1, 0.15) is 48.7 Å². The van der Waals surface area contributed by atoms with Crippen molar-refractivity contribution in [3.8, 4) is 0 Å². The number of nitrogens with one attached hydrogen (secondary N) is 1. The van der Waals surface area contributed by atoms with Crippen LogP contribution in [0.2, 0.25) is 0 Å². The van der Waals surface area contributed by atoms with Gasteiger partial charge < -0.3 is 9.73 Å². The van der Waals surface area contributed by atoms with Crippen LogP contribution < -0.4 is 5.32 Å². The normalized spacial score (nSPS) is 22.4. The van der Waals surface area contributed by atoms with Gasteiger partial charge in [0, 0.05) is 21.5 Å². The van der Waals surface area contributed by atoms with E-state index in [0.29, 0.717) is 11.7 Å². The van der Waals surface area contributed by atoms with E-state index >= 15 is 0 Å². The van der Waals surface area contributed by atoms with Crippen LogP contribution >= 0.6 is 15.9 Å². The van der Waals surface area contributed by atoms with Gasteiger partial charge in [0.2, 0.25) is 0 Å². The van der Waals surface area contributed by atoms with Gasteiger partial charge in [0.05, 0.1) is 0 Å². The van der Waals surface area contributed by atoms with Crippen molar-refractivity contribution < 1.29 is 9.21 Å². The van der Waals surface area contributed by atoms with Crippen molar-refractivity contribution in [3.63, 3.8) is 0 Å². The number of rotatable bonds is 2. The standard InChI is InChI=1S/C17H20BrNO2/c1-10-5-3-4-6-14(10)19-17(20)16-11(2)13-9-12(18)7-8-15(13)21-16/h7-10,14H,3-6H2,1-2H3,(H,19,20)/t10-,14+/m1/s1. The van der Waals surface area contributed by atoms with Crippen molar-refractivity contribution in [1.82, 2.24) is 5.32 Å². The number of hydrogen-bond acceptors (Lipinski definition) is 2. The minimum atomic E-state index is -0.0847. The summed E-state index contributed by atoms with van der Waals surface area (Å²) in [6.07, 6.45) is 4.72. The summed E-state index contributed by atoms with van der Waals surface area (Å²) in [6.45, 7) is 4.16. The highest BCUT2D eigenvalue weighted by molar-refractivity contribution is 9.10. The lowest BCUT2D eigenvalue weighted by Gasteiger charge is -2.29. The Hall–Kier alpha value is -1.29. The van der Waals surface area contributed by atoms with E-state index in [0.717, 1.165) is 27.4 Å². The fourth-order valence-corrected chi connectivity index (χ4v) is 3.54. The van der Waals surface area contributed by atoms with Crippen LogP contribution in [0.15, 0.2) is 27.1 Å². The second kappa shape index (κ2) is 5.84. The number of aryl methyl sites for hydroxylation is 1. The van der Waals surface area contributed by atoms with Gasteiger partial charge in [-0.05, 0) is 43.9 Å². The summed E-state index contributed by atoms with van der Waals surface area (Å²) in [7, 11) is 0. The van der Waals surface area contributed by atoms with Gasteiger partial charge in [0.25, 0.3) is 5.91 Å². The van der Waals surface area contributed by atoms with Crippen LogP contribution in [0.25, 0.3) is 11.0 Å². The zero-order valence-corrected chi connectivity index (χ0v) is 14.0. The number of carbonyl (C=O) groups excluding carboxylic acids is 1. The molecule has 1 aromatic heterocycles. The Morgan fingerprint density at radius 2 is 2.10 bits per heavy atom. The number of halogens is 1. The van der Waals surface area contributed by atoms with Gasteiger partial charge in [0.15, 0.2) is 5.76 Å². The highest BCUT2D eigenvalue weighted by Gasteiger charge is 2.25. The summed E-state index contributed by atoms with van der Waals surface area (Å²) in [6, 6.07) is 6.09. The molecule has 3 nitrogen and oxygen atoms in total. The molecule has 1 heterocycles. The van der Waals surface area contributed by atoms with E-state index in [9.17, 15) is 4.79 Å². The van der Waals surface area contributed by atoms with Crippen molar-refractivity contribution >= 4 is 32.8 Å². The number of hydrogen-bond donors (Lipinski definition) is 1. The molecule has 2 atom stereocenters. The first-order chi connectivity index (χ1) is 10.1. The average molecular weight is 350 g/mol. The number of benzene rings is 1. The molecule has 0 radical (unpaired) electrons. The predicted octanol–water partition coefficient (Wildman–Crippen LogP) is 4.81. The Morgan fingerprint density at radius 3 is 2.86 bits per heavy atom. The molecule has 1 aliphatic carbocycles. The third kappa shape index (κ3) is 2.86. The van der Waals surface area contributed by atoms with Crippen molar-refractivity contribution in [2.45, 2.75) is 45.6 Å². The maximum absolute atomic E-state index is 12.5. The second-order valence-electron chi connectivity index (χ2n) is 6.04. The summed E-state index contributed by atoms with van der Waals surface area (Å²) >= 11 is 3.46. The summed E-state index contributed by atoms with van der Waals surface area (Å²) in [5, 5.41) is 4.15. The molecular weight excluding hydrogens is 330 g/mol. The monoisotopic (exact) mass is 349 g/mol. The Labute approximate surface area is 133 Å². The van der Waals surface area contributed by atoms with E-state index in [1.54, 1.807) is 0 Å². The molecule has 112 valence electrons. The van der Waals surface area contributed by atoms with Crippen LogP contribution in [0.3, 0.4) is 0 Å². The summed E-state index contributed by atoms with van der Waals surface area (Å²) in [5.74, 6) is 0.904. The van der Waals surface area contributed by atoms with Gasteiger partial charge in [-0.25, -0.2) is 0 Å². The first-order valence-electron chi connectivity index (χ1n) is 7.56. The quantitative estimate of drug-likeness (QED) is 0.844. The van der Waals surface area contributed by atoms with E-state index in [1.165, 1.54) is 19.3 Å². The van der Waals surface area contributed by atoms with E-state index in [2.05, 4.69) is 28.2 Å². The number of fused-ring (bicyclic) bond motifs is 1. The molecule has 21 heavy (non-hydrogen) atoms. The molecule has 0 unspecified atom stereocenters. The molecular formula is C17H20BrNO2. The minimum Gasteiger partial charge on any atom is -0.451 e. The summed E-state index contributed by atoms with van der Waals surface area (Å²) in [4.78, 5) is 12.5. The van der Waals surface area contributed by atoms with Crippen molar-refractivity contribution in [2.75, 3.05) is 0 Å². The maximum Gasteiger partial charge on any atom is 0.287 e. The van der Waals surface area contributed by atoms with Gasteiger partial charge in [-0.15, -0.1) is 0 Å². The molecule has 1 aromatic carbocycles. The van der Waals surface area contributed by atoms with Gasteiger partial charge in [-0.3, -0.25) is 4.79 Å². The molecule has 1 amide bonds. The molecule has 0 aliphatic heterocycles. The Bertz CT molecular complexity index is 677. The molecule has 3 rings (SSSR count). The van der Waals surface area contributed by atoms with E-state index < -0.39 is 0 Å². The van der Waals surface area contributed by atoms with Gasteiger partial charge in [0.1, 0.15) is 5.58 Å². The van der Waals surface area contributed by atoms with Crippen molar-refractivity contribution in [3.05, 3.63) is 34.0 Å². The molecule has 2 aromatic rings. The fraction of sp³-hybridized carbons (Fsp3) is 0.471. The molecule has 1 aliphatic rings. The Kier molecular flexibility index (Phi) is 4.07. The third-order valence-corrected chi connectivity index (χ3v) is 5.03. The highest BCUT2D eigenvalue weighted by atomic mass is 79.9. The summed E-state index contributed by atoms with van der Waals surface area (Å²) in [5.41, 5.74) is 1.67. The topological polar surface area (TPSA) is 42.2 Å². The predicted molar refractivity (Wildman–Crippen MR) is 87.5 cm³/mol. The second-order valence-corrected chi connectivity index (χ2v) is 6.95. The lowest BCUT2D eigenvalue weighted by Crippen LogP contribution is -2.41. The number of furan rings is 1. The van der Waals surface area contributed by atoms with Crippen molar-refractivity contribution in [1.29, 1.82) is 0 Å². The smallest absolute Gasteiger partial charge is 0.287 e. The molecule has 0 bridgehead atoms. The lowest BCUT2D eigenvalue weighted by atomic mass is 9.86.